The van der Waals surface area contributed by atoms with Gasteiger partial charge < -0.3 is 14.7 Å². The Kier molecular flexibility index (Phi) is 4.88. The van der Waals surface area contributed by atoms with Crippen molar-refractivity contribution in [2.45, 2.75) is 19.4 Å². The summed E-state index contributed by atoms with van der Waals surface area (Å²) in [6.07, 6.45) is 0.965. The normalized spacial score (nSPS) is 18.7. The van der Waals surface area contributed by atoms with Crippen LogP contribution < -0.4 is 14.7 Å². The molecule has 26 heavy (non-hydrogen) atoms. The van der Waals surface area contributed by atoms with Gasteiger partial charge in [-0.3, -0.25) is 4.79 Å². The number of halogens is 1. The number of rotatable bonds is 3. The number of hydrogen-bond donors (Lipinski definition) is 1. The molecule has 1 fully saturated rings. The Morgan fingerprint density at radius 2 is 1.85 bits per heavy atom. The summed E-state index contributed by atoms with van der Waals surface area (Å²) >= 11 is 6.12. The van der Waals surface area contributed by atoms with Crippen LogP contribution in [0.25, 0.3) is 0 Å². The molecule has 5 heteroatoms. The van der Waals surface area contributed by atoms with Crippen LogP contribution in [0, 0.1) is 0 Å². The number of carbonyl (C=O) groups excluding carboxylic acids is 1. The topological polar surface area (TPSA) is 28.0 Å². The summed E-state index contributed by atoms with van der Waals surface area (Å²) in [5, 5.41) is 0.772. The molecule has 0 aromatic heterocycles. The van der Waals surface area contributed by atoms with Crippen LogP contribution in [0.15, 0.2) is 48.5 Å². The Labute approximate surface area is 160 Å². The summed E-state index contributed by atoms with van der Waals surface area (Å²) in [4.78, 5) is 18.8. The van der Waals surface area contributed by atoms with E-state index in [0.29, 0.717) is 0 Å². The lowest BCUT2D eigenvalue weighted by Crippen LogP contribution is -3.19. The monoisotopic (exact) mass is 370 g/mol. The lowest BCUT2D eigenvalue weighted by atomic mass is 10.1. The first kappa shape index (κ1) is 17.4. The number of hydrogen-bond acceptors (Lipinski definition) is 2. The van der Waals surface area contributed by atoms with Crippen LogP contribution in [0.3, 0.4) is 0 Å². The zero-order valence-corrected chi connectivity index (χ0v) is 15.9. The van der Waals surface area contributed by atoms with Crippen molar-refractivity contribution in [1.29, 1.82) is 0 Å². The largest absolute Gasteiger partial charge is 0.360 e. The maximum atomic E-state index is 13.1. The predicted molar refractivity (Wildman–Crippen MR) is 106 cm³/mol. The molecule has 0 aliphatic carbocycles. The third-order valence-corrected chi connectivity index (χ3v) is 5.95. The smallest absolute Gasteiger partial charge is 0.284 e. The lowest BCUT2D eigenvalue weighted by Gasteiger charge is -2.37. The maximum absolute atomic E-state index is 13.1. The average molecular weight is 371 g/mol. The highest BCUT2D eigenvalue weighted by atomic mass is 35.5. The zero-order chi connectivity index (χ0) is 18.1. The van der Waals surface area contributed by atoms with Gasteiger partial charge in [0.1, 0.15) is 0 Å². The van der Waals surface area contributed by atoms with E-state index in [0.717, 1.165) is 49.9 Å². The van der Waals surface area contributed by atoms with E-state index in [-0.39, 0.29) is 11.9 Å². The molecule has 2 aromatic carbocycles. The highest BCUT2D eigenvalue weighted by molar-refractivity contribution is 6.30. The molecule has 0 saturated carbocycles. The lowest BCUT2D eigenvalue weighted by molar-refractivity contribution is -0.914. The van der Waals surface area contributed by atoms with Gasteiger partial charge in [-0.1, -0.05) is 35.9 Å². The summed E-state index contributed by atoms with van der Waals surface area (Å²) < 4.78 is 0. The summed E-state index contributed by atoms with van der Waals surface area (Å²) in [5.74, 6) is 0.251. The molecule has 4 rings (SSSR count). The molecule has 1 saturated heterocycles. The third kappa shape index (κ3) is 3.31. The van der Waals surface area contributed by atoms with Crippen molar-refractivity contribution in [2.75, 3.05) is 42.5 Å². The van der Waals surface area contributed by atoms with Crippen LogP contribution >= 0.6 is 11.6 Å². The highest BCUT2D eigenvalue weighted by Gasteiger charge is 2.35. The molecule has 4 nitrogen and oxygen atoms in total. The van der Waals surface area contributed by atoms with Gasteiger partial charge in [-0.2, -0.15) is 0 Å². The minimum absolute atomic E-state index is 0.0114. The molecular formula is C21H25ClN3O+. The first-order chi connectivity index (χ1) is 12.6. The molecule has 136 valence electrons. The standard InChI is InChI=1S/C21H24ClN3O/c1-16(21(26)25-10-9-17-5-2-3-8-20(17)25)23-11-13-24(14-12-23)19-7-4-6-18(22)15-19/h2-8,15-16H,9-14H2,1H3/p+1/t16-/m1/s1. The molecule has 2 aromatic rings. The Morgan fingerprint density at radius 3 is 2.62 bits per heavy atom. The van der Waals surface area contributed by atoms with Crippen molar-refractivity contribution in [2.24, 2.45) is 0 Å². The molecule has 2 aliphatic rings. The van der Waals surface area contributed by atoms with Gasteiger partial charge in [-0.25, -0.2) is 0 Å². The zero-order valence-electron chi connectivity index (χ0n) is 15.1. The van der Waals surface area contributed by atoms with E-state index in [4.69, 9.17) is 11.6 Å². The molecule has 2 heterocycles. The number of quaternary nitrogens is 1. The van der Waals surface area contributed by atoms with Gasteiger partial charge in [0.05, 0.1) is 26.2 Å². The summed E-state index contributed by atoms with van der Waals surface area (Å²) in [6.45, 7) is 6.72. The molecule has 2 aliphatic heterocycles. The molecule has 1 N–H and O–H groups in total. The Balaban J connectivity index is 1.39. The number of fused-ring (bicyclic) bond motifs is 1. The Bertz CT molecular complexity index is 801. The van der Waals surface area contributed by atoms with E-state index in [2.05, 4.69) is 36.1 Å². The molecule has 1 atom stereocenters. The van der Waals surface area contributed by atoms with Gasteiger partial charge in [0.25, 0.3) is 5.91 Å². The van der Waals surface area contributed by atoms with E-state index >= 15 is 0 Å². The number of anilines is 2. The Morgan fingerprint density at radius 1 is 1.08 bits per heavy atom. The van der Waals surface area contributed by atoms with Crippen LogP contribution in [-0.2, 0) is 11.2 Å². The first-order valence-electron chi connectivity index (χ1n) is 9.38. The van der Waals surface area contributed by atoms with E-state index in [1.165, 1.54) is 16.2 Å². The fraction of sp³-hybridized carbons (Fsp3) is 0.381. The van der Waals surface area contributed by atoms with Crippen molar-refractivity contribution < 1.29 is 9.69 Å². The highest BCUT2D eigenvalue weighted by Crippen LogP contribution is 2.27. The maximum Gasteiger partial charge on any atom is 0.284 e. The van der Waals surface area contributed by atoms with Crippen LogP contribution in [0.2, 0.25) is 5.02 Å². The van der Waals surface area contributed by atoms with Crippen molar-refractivity contribution in [3.8, 4) is 0 Å². The second kappa shape index (κ2) is 7.29. The van der Waals surface area contributed by atoms with Gasteiger partial charge in [0.15, 0.2) is 6.04 Å². The third-order valence-electron chi connectivity index (χ3n) is 5.72. The molecule has 0 spiro atoms. The number of benzene rings is 2. The van der Waals surface area contributed by atoms with Gasteiger partial charge in [-0.15, -0.1) is 0 Å². The molecular weight excluding hydrogens is 346 g/mol. The van der Waals surface area contributed by atoms with Crippen molar-refractivity contribution in [3.63, 3.8) is 0 Å². The number of piperazine rings is 1. The summed E-state index contributed by atoms with van der Waals surface area (Å²) in [7, 11) is 0. The van der Waals surface area contributed by atoms with Crippen LogP contribution in [0.5, 0.6) is 0 Å². The fourth-order valence-corrected chi connectivity index (χ4v) is 4.32. The van der Waals surface area contributed by atoms with Gasteiger partial charge in [-0.05, 0) is 43.2 Å². The quantitative estimate of drug-likeness (QED) is 0.895. The molecule has 1 amide bonds. The van der Waals surface area contributed by atoms with E-state index < -0.39 is 0 Å². The molecule has 0 radical (unpaired) electrons. The van der Waals surface area contributed by atoms with E-state index in [1.807, 2.05) is 29.2 Å². The minimum Gasteiger partial charge on any atom is -0.360 e. The second-order valence-corrected chi connectivity index (χ2v) is 7.65. The fourth-order valence-electron chi connectivity index (χ4n) is 4.13. The van der Waals surface area contributed by atoms with Gasteiger partial charge in [0, 0.05) is 22.9 Å². The van der Waals surface area contributed by atoms with Gasteiger partial charge in [0.2, 0.25) is 0 Å². The van der Waals surface area contributed by atoms with Crippen LogP contribution in [0.1, 0.15) is 12.5 Å². The first-order valence-corrected chi connectivity index (χ1v) is 9.75. The average Bonchev–Trinajstić information content (AvgIpc) is 3.11. The number of carbonyl (C=O) groups is 1. The van der Waals surface area contributed by atoms with Crippen LogP contribution in [0.4, 0.5) is 11.4 Å². The number of amides is 1. The van der Waals surface area contributed by atoms with Crippen LogP contribution in [-0.4, -0.2) is 44.7 Å². The molecule has 0 bridgehead atoms. The SMILES string of the molecule is C[C@H](C(=O)N1CCc2ccccc21)[NH+]1CCN(c2cccc(Cl)c2)CC1. The summed E-state index contributed by atoms with van der Waals surface area (Å²) in [6, 6.07) is 16.3. The summed E-state index contributed by atoms with van der Waals surface area (Å²) in [5.41, 5.74) is 3.55. The predicted octanol–water partition coefficient (Wildman–Crippen LogP) is 2.02. The van der Waals surface area contributed by atoms with Crippen molar-refractivity contribution in [3.05, 3.63) is 59.1 Å². The second-order valence-electron chi connectivity index (χ2n) is 7.22. The molecule has 0 unspecified atom stereocenters. The minimum atomic E-state index is -0.0114. The van der Waals surface area contributed by atoms with Crippen molar-refractivity contribution >= 4 is 28.9 Å². The number of nitrogens with zero attached hydrogens (tertiary/aromatic N) is 2. The van der Waals surface area contributed by atoms with E-state index in [9.17, 15) is 4.79 Å². The Hall–Kier alpha value is -2.04. The van der Waals surface area contributed by atoms with E-state index in [1.54, 1.807) is 0 Å². The van der Waals surface area contributed by atoms with Gasteiger partial charge >= 0.3 is 0 Å². The number of nitrogens with one attached hydrogen (secondary N) is 1. The van der Waals surface area contributed by atoms with Crippen molar-refractivity contribution in [1.82, 2.24) is 0 Å². The number of para-hydroxylation sites is 1.